The number of carbonyl (C=O) groups excluding carboxylic acids is 4. The van der Waals surface area contributed by atoms with E-state index in [1.807, 2.05) is 74.5 Å². The Balaban J connectivity index is 0.000000194. The lowest BCUT2D eigenvalue weighted by molar-refractivity contribution is -0.121. The average Bonchev–Trinajstić information content (AvgIpc) is 3.61. The fourth-order valence-electron chi connectivity index (χ4n) is 5.46. The normalized spacial score (nSPS) is 13.6. The summed E-state index contributed by atoms with van der Waals surface area (Å²) in [7, 11) is 0. The van der Waals surface area contributed by atoms with Crippen LogP contribution in [0, 0.1) is 23.0 Å². The summed E-state index contributed by atoms with van der Waals surface area (Å²) in [5.41, 5.74) is 4.30. The maximum absolute atomic E-state index is 11.7. The van der Waals surface area contributed by atoms with Crippen LogP contribution in [-0.2, 0) is 31.0 Å². The van der Waals surface area contributed by atoms with E-state index >= 15 is 0 Å². The molecule has 4 amide bonds. The highest BCUT2D eigenvalue weighted by atomic mass is 16.5. The van der Waals surface area contributed by atoms with Crippen molar-refractivity contribution in [1.82, 2.24) is 0 Å². The van der Waals surface area contributed by atoms with Crippen LogP contribution in [0.15, 0.2) is 121 Å². The highest BCUT2D eigenvalue weighted by molar-refractivity contribution is 6.28. The first kappa shape index (κ1) is 32.6. The molecule has 2 heterocycles. The second kappa shape index (κ2) is 14.1. The van der Waals surface area contributed by atoms with Gasteiger partial charge in [-0.3, -0.25) is 19.2 Å². The highest BCUT2D eigenvalue weighted by Crippen LogP contribution is 2.41. The van der Waals surface area contributed by atoms with Crippen molar-refractivity contribution < 1.29 is 28.7 Å². The number of nitrogens with zero attached hydrogens (tertiary/aromatic N) is 4. The minimum atomic E-state index is -0.485. The third-order valence-electron chi connectivity index (χ3n) is 7.85. The molecule has 0 saturated heterocycles. The summed E-state index contributed by atoms with van der Waals surface area (Å²) >= 11 is 0. The summed E-state index contributed by atoms with van der Waals surface area (Å²) in [5.74, 6) is -0.381. The molecule has 10 nitrogen and oxygen atoms in total. The predicted octanol–water partition coefficient (Wildman–Crippen LogP) is 5.87. The SMILES string of the molecule is CC(C)(c1ccccc1OC#N)c1ccccc1OC#N.O=C1C=CC(=O)N1c1ccc(Cc2ccc(N3C(=O)C=CC3=O)cc2)cc1. The van der Waals surface area contributed by atoms with Crippen LogP contribution in [0.3, 0.4) is 0 Å². The molecule has 4 aromatic carbocycles. The first-order chi connectivity index (χ1) is 23.1. The third-order valence-corrected chi connectivity index (χ3v) is 7.85. The molecule has 0 aliphatic carbocycles. The first-order valence-electron chi connectivity index (χ1n) is 14.7. The fourth-order valence-corrected chi connectivity index (χ4v) is 5.46. The summed E-state index contributed by atoms with van der Waals surface area (Å²) in [6.07, 6.45) is 9.06. The molecule has 48 heavy (non-hydrogen) atoms. The largest absolute Gasteiger partial charge is 0.388 e. The Morgan fingerprint density at radius 2 is 0.875 bits per heavy atom. The van der Waals surface area contributed by atoms with E-state index in [0.717, 1.165) is 32.1 Å². The van der Waals surface area contributed by atoms with Gasteiger partial charge < -0.3 is 9.47 Å². The van der Waals surface area contributed by atoms with Gasteiger partial charge >= 0.3 is 0 Å². The van der Waals surface area contributed by atoms with Crippen molar-refractivity contribution >= 4 is 35.0 Å². The number of hydrogen-bond donors (Lipinski definition) is 0. The van der Waals surface area contributed by atoms with Crippen LogP contribution >= 0.6 is 0 Å². The number of rotatable bonds is 8. The van der Waals surface area contributed by atoms with E-state index in [0.29, 0.717) is 29.3 Å². The summed E-state index contributed by atoms with van der Waals surface area (Å²) in [6.45, 7) is 3.98. The minimum Gasteiger partial charge on any atom is -0.388 e. The molecular weight excluding hydrogens is 608 g/mol. The zero-order valence-electron chi connectivity index (χ0n) is 26.0. The van der Waals surface area contributed by atoms with Crippen molar-refractivity contribution in [3.8, 4) is 24.0 Å². The molecule has 0 N–H and O–H groups in total. The number of anilines is 2. The van der Waals surface area contributed by atoms with Crippen LogP contribution in [0.1, 0.15) is 36.1 Å². The number of para-hydroxylation sites is 2. The average molecular weight is 637 g/mol. The fraction of sp³-hybridized carbons (Fsp3) is 0.105. The van der Waals surface area contributed by atoms with E-state index in [1.165, 1.54) is 24.3 Å². The molecule has 10 heteroatoms. The lowest BCUT2D eigenvalue weighted by atomic mass is 9.77. The van der Waals surface area contributed by atoms with Crippen LogP contribution in [0.4, 0.5) is 11.4 Å². The number of amides is 4. The van der Waals surface area contributed by atoms with E-state index in [9.17, 15) is 19.2 Å². The number of hydrogen-bond acceptors (Lipinski definition) is 8. The topological polar surface area (TPSA) is 141 Å². The molecule has 0 fully saturated rings. The number of carbonyl (C=O) groups is 4. The van der Waals surface area contributed by atoms with Crippen molar-refractivity contribution in [2.75, 3.05) is 9.80 Å². The summed E-state index contributed by atoms with van der Waals surface area (Å²) in [6, 6.07) is 29.1. The van der Waals surface area contributed by atoms with E-state index in [1.54, 1.807) is 48.9 Å². The smallest absolute Gasteiger partial charge is 0.292 e. The zero-order valence-corrected chi connectivity index (χ0v) is 26.0. The van der Waals surface area contributed by atoms with Crippen molar-refractivity contribution in [1.29, 1.82) is 10.5 Å². The van der Waals surface area contributed by atoms with E-state index < -0.39 is 5.41 Å². The molecule has 6 rings (SSSR count). The summed E-state index contributed by atoms with van der Waals surface area (Å²) in [5, 5.41) is 17.6. The quantitative estimate of drug-likeness (QED) is 0.173. The van der Waals surface area contributed by atoms with Crippen LogP contribution in [0.5, 0.6) is 11.5 Å². The Morgan fingerprint density at radius 1 is 0.542 bits per heavy atom. The number of imide groups is 2. The van der Waals surface area contributed by atoms with E-state index in [-0.39, 0.29) is 23.6 Å². The lowest BCUT2D eigenvalue weighted by Gasteiger charge is -2.28. The van der Waals surface area contributed by atoms with Gasteiger partial charge in [-0.1, -0.05) is 74.5 Å². The molecule has 4 aromatic rings. The van der Waals surface area contributed by atoms with Crippen LogP contribution in [0.25, 0.3) is 0 Å². The molecular formula is C38H28N4O6. The molecule has 0 atom stereocenters. The highest BCUT2D eigenvalue weighted by Gasteiger charge is 2.30. The molecule has 2 aliphatic heterocycles. The molecule has 0 unspecified atom stereocenters. The van der Waals surface area contributed by atoms with Gasteiger partial charge in [-0.15, -0.1) is 10.5 Å². The predicted molar refractivity (Wildman–Crippen MR) is 176 cm³/mol. The molecule has 0 aromatic heterocycles. The number of nitriles is 2. The van der Waals surface area contributed by atoms with Crippen molar-refractivity contribution in [3.63, 3.8) is 0 Å². The Hall–Kier alpha value is -6.78. The van der Waals surface area contributed by atoms with Crippen LogP contribution in [-0.4, -0.2) is 23.6 Å². The summed E-state index contributed by atoms with van der Waals surface area (Å²) in [4.78, 5) is 49.1. The van der Waals surface area contributed by atoms with Gasteiger partial charge in [0, 0.05) is 40.8 Å². The van der Waals surface area contributed by atoms with Crippen molar-refractivity contribution in [2.24, 2.45) is 0 Å². The molecule has 0 spiro atoms. The maximum Gasteiger partial charge on any atom is 0.292 e. The van der Waals surface area contributed by atoms with Gasteiger partial charge in [-0.25, -0.2) is 9.80 Å². The van der Waals surface area contributed by atoms with Gasteiger partial charge in [-0.05, 0) is 53.9 Å². The van der Waals surface area contributed by atoms with E-state index in [4.69, 9.17) is 20.0 Å². The zero-order chi connectivity index (χ0) is 34.3. The maximum atomic E-state index is 11.7. The van der Waals surface area contributed by atoms with Gasteiger partial charge in [0.1, 0.15) is 11.5 Å². The Bertz CT molecular complexity index is 1850. The molecule has 0 radical (unpaired) electrons. The Kier molecular flexibility index (Phi) is 9.58. The van der Waals surface area contributed by atoms with Gasteiger partial charge in [-0.2, -0.15) is 0 Å². The van der Waals surface area contributed by atoms with Gasteiger partial charge in [0.25, 0.3) is 36.1 Å². The lowest BCUT2D eigenvalue weighted by Crippen LogP contribution is -2.29. The molecule has 0 saturated carbocycles. The summed E-state index contributed by atoms with van der Waals surface area (Å²) < 4.78 is 10.1. The first-order valence-corrected chi connectivity index (χ1v) is 14.7. The molecule has 2 aliphatic rings. The standard InChI is InChI=1S/C21H14N2O4.C17H14N2O2/c24-18-9-10-19(25)22(18)16-5-1-14(2-6-16)13-15-3-7-17(8-4-15)23-20(26)11-12-21(23)27;1-17(2,13-7-3-5-9-15(13)20-11-18)14-8-4-6-10-16(14)21-12-19/h1-12H,13H2;3-10H,1-2H3. The molecule has 0 bridgehead atoms. The number of ether oxygens (including phenoxy) is 2. The molecule has 236 valence electrons. The van der Waals surface area contributed by atoms with Crippen LogP contribution < -0.4 is 19.3 Å². The Labute approximate surface area is 277 Å². The van der Waals surface area contributed by atoms with Crippen LogP contribution in [0.2, 0.25) is 0 Å². The van der Waals surface area contributed by atoms with Gasteiger partial charge in [0.05, 0.1) is 11.4 Å². The second-order valence-electron chi connectivity index (χ2n) is 11.2. The third kappa shape index (κ3) is 6.89. The van der Waals surface area contributed by atoms with Crippen molar-refractivity contribution in [3.05, 3.63) is 144 Å². The number of benzene rings is 4. The minimum absolute atomic E-state index is 0.344. The van der Waals surface area contributed by atoms with Crippen molar-refractivity contribution in [2.45, 2.75) is 25.7 Å². The van der Waals surface area contributed by atoms with E-state index in [2.05, 4.69) is 0 Å². The van der Waals surface area contributed by atoms with Gasteiger partial charge in [0.2, 0.25) is 0 Å². The Morgan fingerprint density at radius 3 is 1.21 bits per heavy atom. The monoisotopic (exact) mass is 636 g/mol. The second-order valence-corrected chi connectivity index (χ2v) is 11.2. The van der Waals surface area contributed by atoms with Gasteiger partial charge in [0.15, 0.2) is 0 Å².